The van der Waals surface area contributed by atoms with Gasteiger partial charge in [-0.1, -0.05) is 33.6 Å². The van der Waals surface area contributed by atoms with Gasteiger partial charge in [-0.15, -0.1) is 0 Å². The third kappa shape index (κ3) is 5.07. The molecule has 0 spiro atoms. The monoisotopic (exact) mass is 553 g/mol. The van der Waals surface area contributed by atoms with Crippen LogP contribution in [0.2, 0.25) is 0 Å². The van der Waals surface area contributed by atoms with Crippen LogP contribution >= 0.6 is 27.7 Å². The molecule has 2 saturated heterocycles. The number of rotatable bonds is 6. The minimum atomic E-state index is -0.353. The topological polar surface area (TPSA) is 80.6 Å². The number of halogens is 1. The number of imide groups is 1. The maximum Gasteiger partial charge on any atom is 0.298 e. The highest BCUT2D eigenvalue weighted by atomic mass is 79.9. The Morgan fingerprint density at radius 3 is 2.77 bits per heavy atom. The molecule has 0 aliphatic carbocycles. The van der Waals surface area contributed by atoms with Gasteiger partial charge < -0.3 is 14.6 Å². The summed E-state index contributed by atoms with van der Waals surface area (Å²) < 4.78 is 8.33. The lowest BCUT2D eigenvalue weighted by atomic mass is 10.1. The van der Waals surface area contributed by atoms with Gasteiger partial charge in [0.1, 0.15) is 6.54 Å². The van der Waals surface area contributed by atoms with Gasteiger partial charge in [0, 0.05) is 40.3 Å². The lowest BCUT2D eigenvalue weighted by molar-refractivity contribution is -0.122. The number of benzene rings is 2. The highest BCUT2D eigenvalue weighted by Gasteiger charge is 2.36. The molecule has 0 saturated carbocycles. The van der Waals surface area contributed by atoms with E-state index >= 15 is 0 Å². The number of hydrogen-bond donors (Lipinski definition) is 1. The van der Waals surface area contributed by atoms with Crippen molar-refractivity contribution in [2.45, 2.75) is 32.4 Å². The maximum atomic E-state index is 13.1. The van der Waals surface area contributed by atoms with Gasteiger partial charge in [-0.3, -0.25) is 14.4 Å². The van der Waals surface area contributed by atoms with Crippen LogP contribution in [0, 0.1) is 6.92 Å². The van der Waals surface area contributed by atoms with Gasteiger partial charge in [0.2, 0.25) is 5.91 Å². The number of anilines is 1. The third-order valence-corrected chi connectivity index (χ3v) is 7.47. The molecule has 180 valence electrons. The number of nitrogens with one attached hydrogen (secondary N) is 1. The summed E-state index contributed by atoms with van der Waals surface area (Å²) in [7, 11) is 0. The molecule has 0 unspecified atom stereocenters. The van der Waals surface area contributed by atoms with Crippen molar-refractivity contribution < 1.29 is 19.1 Å². The first-order valence-electron chi connectivity index (χ1n) is 11.4. The number of carbonyl (C=O) groups excluding carboxylic acids is 3. The lowest BCUT2D eigenvalue weighted by Crippen LogP contribution is -2.34. The zero-order chi connectivity index (χ0) is 24.5. The highest BCUT2D eigenvalue weighted by molar-refractivity contribution is 9.10. The van der Waals surface area contributed by atoms with Gasteiger partial charge in [0.15, 0.2) is 0 Å². The first-order chi connectivity index (χ1) is 16.9. The number of nitrogens with zero attached hydrogens (tertiary/aromatic N) is 2. The first kappa shape index (κ1) is 23.8. The summed E-state index contributed by atoms with van der Waals surface area (Å²) in [4.78, 5) is 40.0. The fourth-order valence-corrected chi connectivity index (χ4v) is 5.51. The number of aromatic nitrogens is 1. The molecule has 1 atom stereocenters. The van der Waals surface area contributed by atoms with E-state index in [1.54, 1.807) is 18.2 Å². The Balaban J connectivity index is 1.41. The van der Waals surface area contributed by atoms with Crippen LogP contribution in [0.4, 0.5) is 10.5 Å². The average molecular weight is 554 g/mol. The molecule has 1 N–H and O–H groups in total. The van der Waals surface area contributed by atoms with Crippen LogP contribution < -0.4 is 10.2 Å². The second-order valence-electron chi connectivity index (χ2n) is 8.67. The summed E-state index contributed by atoms with van der Waals surface area (Å²) in [5, 5.41) is 3.51. The Labute approximate surface area is 215 Å². The minimum absolute atomic E-state index is 0.0797. The third-order valence-electron chi connectivity index (χ3n) is 6.11. The van der Waals surface area contributed by atoms with Crippen LogP contribution in [0.5, 0.6) is 0 Å². The predicted molar refractivity (Wildman–Crippen MR) is 141 cm³/mol. The molecular weight excluding hydrogens is 530 g/mol. The van der Waals surface area contributed by atoms with Gasteiger partial charge in [0.25, 0.3) is 11.1 Å². The van der Waals surface area contributed by atoms with Crippen molar-refractivity contribution in [1.29, 1.82) is 0 Å². The molecule has 7 nitrogen and oxygen atoms in total. The SMILES string of the molecule is Cc1ccc(N2C(=O)S/C(=C\c3cn(CC(=O)NC[C@H]4CCCO4)c4ccc(Br)cc34)C2=O)cc1. The van der Waals surface area contributed by atoms with Gasteiger partial charge in [0.05, 0.1) is 16.7 Å². The van der Waals surface area contributed by atoms with Crippen LogP contribution in [-0.2, 0) is 20.9 Å². The summed E-state index contributed by atoms with van der Waals surface area (Å²) in [5.41, 5.74) is 3.23. The van der Waals surface area contributed by atoms with E-state index in [9.17, 15) is 14.4 Å². The standard InChI is InChI=1S/C26H24BrN3O4S/c1-16-4-7-19(8-5-16)30-25(32)23(35-26(30)33)11-17-14-29(22-9-6-18(27)12-21(17)22)15-24(31)28-13-20-3-2-10-34-20/h4-9,11-12,14,20H,2-3,10,13,15H2,1H3,(H,28,31)/b23-11-/t20-/m1/s1. The summed E-state index contributed by atoms with van der Waals surface area (Å²) in [6, 6.07) is 13.1. The van der Waals surface area contributed by atoms with E-state index < -0.39 is 0 Å². The number of fused-ring (bicyclic) bond motifs is 1. The number of thioether (sulfide) groups is 1. The van der Waals surface area contributed by atoms with Gasteiger partial charge in [-0.05, 0) is 67.9 Å². The van der Waals surface area contributed by atoms with Crippen molar-refractivity contribution >= 4 is 67.4 Å². The molecule has 3 aromatic rings. The highest BCUT2D eigenvalue weighted by Crippen LogP contribution is 2.37. The number of ether oxygens (including phenoxy) is 1. The van der Waals surface area contributed by atoms with E-state index in [4.69, 9.17) is 4.74 Å². The van der Waals surface area contributed by atoms with E-state index in [1.807, 2.05) is 48.0 Å². The Morgan fingerprint density at radius 2 is 2.03 bits per heavy atom. The quantitative estimate of drug-likeness (QED) is 0.422. The summed E-state index contributed by atoms with van der Waals surface area (Å²) in [6.45, 7) is 3.34. The van der Waals surface area contributed by atoms with Crippen molar-refractivity contribution in [2.75, 3.05) is 18.1 Å². The first-order valence-corrected chi connectivity index (χ1v) is 13.0. The number of amides is 3. The molecule has 1 aromatic heterocycles. The van der Waals surface area contributed by atoms with Crippen LogP contribution in [0.1, 0.15) is 24.0 Å². The Hall–Kier alpha value is -2.88. The zero-order valence-corrected chi connectivity index (χ0v) is 21.5. The summed E-state index contributed by atoms with van der Waals surface area (Å²) in [6.07, 6.45) is 5.65. The largest absolute Gasteiger partial charge is 0.376 e. The predicted octanol–water partition coefficient (Wildman–Crippen LogP) is 5.25. The smallest absolute Gasteiger partial charge is 0.298 e. The zero-order valence-electron chi connectivity index (χ0n) is 19.1. The van der Waals surface area contributed by atoms with Crippen LogP contribution in [0.25, 0.3) is 17.0 Å². The van der Waals surface area contributed by atoms with E-state index in [0.29, 0.717) is 17.1 Å². The van der Waals surface area contributed by atoms with Crippen molar-refractivity contribution in [3.63, 3.8) is 0 Å². The maximum absolute atomic E-state index is 13.1. The van der Waals surface area contributed by atoms with Crippen molar-refractivity contribution in [3.05, 3.63) is 69.2 Å². The molecule has 2 fully saturated rings. The molecule has 0 radical (unpaired) electrons. The minimum Gasteiger partial charge on any atom is -0.376 e. The van der Waals surface area contributed by atoms with E-state index in [0.717, 1.165) is 57.7 Å². The number of aryl methyl sites for hydroxylation is 1. The van der Waals surface area contributed by atoms with E-state index in [1.165, 1.54) is 4.90 Å². The number of carbonyl (C=O) groups is 3. The molecule has 2 aliphatic heterocycles. The second kappa shape index (κ2) is 10.0. The molecule has 35 heavy (non-hydrogen) atoms. The fourth-order valence-electron chi connectivity index (χ4n) is 4.31. The Morgan fingerprint density at radius 1 is 1.23 bits per heavy atom. The summed E-state index contributed by atoms with van der Waals surface area (Å²) in [5.74, 6) is -0.458. The average Bonchev–Trinajstić information content (AvgIpc) is 3.53. The van der Waals surface area contributed by atoms with Crippen LogP contribution in [0.15, 0.2) is 58.0 Å². The van der Waals surface area contributed by atoms with Crippen LogP contribution in [0.3, 0.4) is 0 Å². The molecule has 3 amide bonds. The summed E-state index contributed by atoms with van der Waals surface area (Å²) >= 11 is 4.43. The van der Waals surface area contributed by atoms with Crippen LogP contribution in [-0.4, -0.2) is 40.9 Å². The van der Waals surface area contributed by atoms with Gasteiger partial charge in [-0.2, -0.15) is 0 Å². The fraction of sp³-hybridized carbons (Fsp3) is 0.269. The Bertz CT molecular complexity index is 1340. The van der Waals surface area contributed by atoms with Gasteiger partial charge >= 0.3 is 0 Å². The second-order valence-corrected chi connectivity index (χ2v) is 10.6. The molecule has 2 aliphatic rings. The van der Waals surface area contributed by atoms with Gasteiger partial charge in [-0.25, -0.2) is 4.90 Å². The molecule has 2 aromatic carbocycles. The molecule has 3 heterocycles. The van der Waals surface area contributed by atoms with Crippen molar-refractivity contribution in [2.24, 2.45) is 0 Å². The molecule has 9 heteroatoms. The molecular formula is C26H24BrN3O4S. The normalized spacial score (nSPS) is 19.3. The van der Waals surface area contributed by atoms with E-state index in [2.05, 4.69) is 21.2 Å². The van der Waals surface area contributed by atoms with Crippen molar-refractivity contribution in [3.8, 4) is 0 Å². The lowest BCUT2D eigenvalue weighted by Gasteiger charge is -2.12. The molecule has 5 rings (SSSR count). The van der Waals surface area contributed by atoms with Crippen molar-refractivity contribution in [1.82, 2.24) is 9.88 Å². The van der Waals surface area contributed by atoms with E-state index in [-0.39, 0.29) is 29.7 Å². The molecule has 0 bridgehead atoms. The Kier molecular flexibility index (Phi) is 6.82. The number of hydrogen-bond acceptors (Lipinski definition) is 5.